The van der Waals surface area contributed by atoms with Gasteiger partial charge < -0.3 is 15.3 Å². The fourth-order valence-electron chi connectivity index (χ4n) is 5.11. The van der Waals surface area contributed by atoms with Crippen molar-refractivity contribution < 1.29 is 18.3 Å². The molecule has 0 aromatic carbocycles. The molecule has 0 bridgehead atoms. The Hall–Kier alpha value is -2.04. The Labute approximate surface area is 210 Å². The quantitative estimate of drug-likeness (QED) is 0.527. The van der Waals surface area contributed by atoms with Crippen LogP contribution in [0.1, 0.15) is 81.3 Å². The molecule has 2 heterocycles. The third-order valence-corrected chi connectivity index (χ3v) is 8.67. The van der Waals surface area contributed by atoms with Gasteiger partial charge in [-0.15, -0.1) is 0 Å². The van der Waals surface area contributed by atoms with E-state index in [1.807, 2.05) is 0 Å². The molecule has 3 rings (SSSR count). The van der Waals surface area contributed by atoms with Gasteiger partial charge in [0.1, 0.15) is 0 Å². The van der Waals surface area contributed by atoms with Crippen molar-refractivity contribution in [1.29, 1.82) is 0 Å². The Kier molecular flexibility index (Phi) is 9.28. The molecule has 0 radical (unpaired) electrons. The number of aliphatic hydroxyl groups excluding tert-OH is 1. The van der Waals surface area contributed by atoms with E-state index in [4.69, 9.17) is 4.98 Å². The number of anilines is 1. The fraction of sp³-hybridized carbons (Fsp3) is 0.720. The normalized spacial score (nSPS) is 23.0. The summed E-state index contributed by atoms with van der Waals surface area (Å²) < 4.78 is 25.2. The summed E-state index contributed by atoms with van der Waals surface area (Å²) in [5, 5.41) is 13.3. The average Bonchev–Trinajstić information content (AvgIpc) is 2.83. The summed E-state index contributed by atoms with van der Waals surface area (Å²) in [6.07, 6.45) is 8.79. The molecule has 196 valence electrons. The van der Waals surface area contributed by atoms with Crippen LogP contribution < -0.4 is 5.32 Å². The summed E-state index contributed by atoms with van der Waals surface area (Å²) >= 11 is 0. The summed E-state index contributed by atoms with van der Waals surface area (Å²) in [4.78, 5) is 24.6. The van der Waals surface area contributed by atoms with Crippen LogP contribution in [0.3, 0.4) is 0 Å². The van der Waals surface area contributed by atoms with Crippen molar-refractivity contribution in [3.8, 4) is 0 Å². The molecule has 1 saturated carbocycles. The lowest BCUT2D eigenvalue weighted by molar-refractivity contribution is 0.0680. The van der Waals surface area contributed by atoms with Crippen molar-refractivity contribution in [1.82, 2.24) is 19.2 Å². The summed E-state index contributed by atoms with van der Waals surface area (Å²) in [6, 6.07) is 0.143. The molecular formula is C25H41N5O4S. The summed E-state index contributed by atoms with van der Waals surface area (Å²) in [5.41, 5.74) is 1.80. The van der Waals surface area contributed by atoms with E-state index in [0.29, 0.717) is 43.1 Å². The van der Waals surface area contributed by atoms with Gasteiger partial charge in [0.15, 0.2) is 0 Å². The Balaban J connectivity index is 1.83. The van der Waals surface area contributed by atoms with Gasteiger partial charge >= 0.3 is 0 Å². The van der Waals surface area contributed by atoms with Crippen LogP contribution in [-0.2, 0) is 10.0 Å². The summed E-state index contributed by atoms with van der Waals surface area (Å²) in [6.45, 7) is 9.35. The number of nitrogens with one attached hydrogen (secondary N) is 1. The van der Waals surface area contributed by atoms with E-state index in [9.17, 15) is 18.3 Å². The minimum atomic E-state index is -3.23. The van der Waals surface area contributed by atoms with Gasteiger partial charge in [0, 0.05) is 38.4 Å². The number of hydrogen-bond donors (Lipinski definition) is 2. The molecule has 0 spiro atoms. The second kappa shape index (κ2) is 11.8. The van der Waals surface area contributed by atoms with Crippen LogP contribution in [0.25, 0.3) is 5.57 Å². The molecule has 2 fully saturated rings. The van der Waals surface area contributed by atoms with E-state index in [2.05, 4.69) is 30.7 Å². The Morgan fingerprint density at radius 2 is 1.89 bits per heavy atom. The van der Waals surface area contributed by atoms with E-state index in [1.54, 1.807) is 18.1 Å². The lowest BCUT2D eigenvalue weighted by Gasteiger charge is -2.36. The molecule has 9 nitrogen and oxygen atoms in total. The maximum absolute atomic E-state index is 13.6. The number of hydrogen-bond acceptors (Lipinski definition) is 7. The van der Waals surface area contributed by atoms with Gasteiger partial charge in [-0.2, -0.15) is 0 Å². The van der Waals surface area contributed by atoms with Gasteiger partial charge in [0.25, 0.3) is 5.91 Å². The van der Waals surface area contributed by atoms with Gasteiger partial charge in [-0.1, -0.05) is 19.9 Å². The number of carbonyl (C=O) groups excluding carboxylic acids is 1. The SMILES string of the molecule is C=C(c1nc(NC(C)CCC)ncc1C(=O)N(C)C1CCN(S(C)(=O)=O)CC1)C1CCC(O)CC1. The molecule has 1 amide bonds. The van der Waals surface area contributed by atoms with Gasteiger partial charge in [-0.05, 0) is 63.4 Å². The van der Waals surface area contributed by atoms with E-state index < -0.39 is 10.0 Å². The van der Waals surface area contributed by atoms with Crippen LogP contribution in [0.5, 0.6) is 0 Å². The molecule has 1 aliphatic heterocycles. The second-order valence-corrected chi connectivity index (χ2v) is 12.1. The van der Waals surface area contributed by atoms with Crippen LogP contribution in [0, 0.1) is 5.92 Å². The zero-order valence-electron chi connectivity index (χ0n) is 21.5. The number of carbonyl (C=O) groups is 1. The van der Waals surface area contributed by atoms with Gasteiger partial charge in [-0.25, -0.2) is 22.7 Å². The number of nitrogens with zero attached hydrogens (tertiary/aromatic N) is 4. The summed E-state index contributed by atoms with van der Waals surface area (Å²) in [5.74, 6) is 0.464. The van der Waals surface area contributed by atoms with Gasteiger partial charge in [0.2, 0.25) is 16.0 Å². The van der Waals surface area contributed by atoms with Crippen molar-refractivity contribution in [2.45, 2.75) is 83.4 Å². The van der Waals surface area contributed by atoms with E-state index >= 15 is 0 Å². The second-order valence-electron chi connectivity index (χ2n) is 10.1. The molecule has 1 aliphatic carbocycles. The van der Waals surface area contributed by atoms with Crippen molar-refractivity contribution in [3.63, 3.8) is 0 Å². The zero-order valence-corrected chi connectivity index (χ0v) is 22.4. The van der Waals surface area contributed by atoms with Crippen LogP contribution in [0.15, 0.2) is 12.8 Å². The maximum Gasteiger partial charge on any atom is 0.257 e. The number of amides is 1. The van der Waals surface area contributed by atoms with E-state index in [1.165, 1.54) is 10.6 Å². The highest BCUT2D eigenvalue weighted by atomic mass is 32.2. The number of aromatic nitrogens is 2. The Morgan fingerprint density at radius 1 is 1.26 bits per heavy atom. The van der Waals surface area contributed by atoms with Crippen LogP contribution in [-0.4, -0.2) is 83.2 Å². The van der Waals surface area contributed by atoms with E-state index in [0.717, 1.165) is 44.1 Å². The molecule has 1 aromatic rings. The van der Waals surface area contributed by atoms with Crippen molar-refractivity contribution in [2.75, 3.05) is 31.7 Å². The fourth-order valence-corrected chi connectivity index (χ4v) is 5.99. The molecule has 1 aromatic heterocycles. The number of sulfonamides is 1. The van der Waals surface area contributed by atoms with Crippen LogP contribution in [0.4, 0.5) is 5.95 Å². The third kappa shape index (κ3) is 7.01. The van der Waals surface area contributed by atoms with Crippen LogP contribution >= 0.6 is 0 Å². The predicted octanol–water partition coefficient (Wildman–Crippen LogP) is 3.14. The van der Waals surface area contributed by atoms with E-state index in [-0.39, 0.29) is 30.0 Å². The highest BCUT2D eigenvalue weighted by Crippen LogP contribution is 2.35. The lowest BCUT2D eigenvalue weighted by atomic mass is 9.81. The lowest BCUT2D eigenvalue weighted by Crippen LogP contribution is -2.47. The first-order chi connectivity index (χ1) is 16.5. The third-order valence-electron chi connectivity index (χ3n) is 7.37. The van der Waals surface area contributed by atoms with Crippen molar-refractivity contribution in [3.05, 3.63) is 24.0 Å². The zero-order chi connectivity index (χ0) is 25.8. The highest BCUT2D eigenvalue weighted by Gasteiger charge is 2.32. The van der Waals surface area contributed by atoms with Crippen LogP contribution in [0.2, 0.25) is 0 Å². The number of allylic oxidation sites excluding steroid dienone is 1. The first kappa shape index (κ1) is 27.5. The molecule has 2 aliphatic rings. The minimum absolute atomic E-state index is 0.0613. The molecule has 10 heteroatoms. The maximum atomic E-state index is 13.6. The molecular weight excluding hydrogens is 466 g/mol. The first-order valence-electron chi connectivity index (χ1n) is 12.7. The van der Waals surface area contributed by atoms with Crippen molar-refractivity contribution in [2.24, 2.45) is 5.92 Å². The van der Waals surface area contributed by atoms with Gasteiger partial charge in [0.05, 0.1) is 23.6 Å². The van der Waals surface area contributed by atoms with Gasteiger partial charge in [-0.3, -0.25) is 4.79 Å². The topological polar surface area (TPSA) is 116 Å². The van der Waals surface area contributed by atoms with Crippen molar-refractivity contribution >= 4 is 27.5 Å². The standard InChI is InChI=1S/C25H41N5O4S/c1-6-7-17(2)27-25-26-16-22(23(28-25)18(3)19-8-10-21(31)11-9-19)24(32)29(4)20-12-14-30(15-13-20)35(5,33)34/h16-17,19-21,31H,3,6-15H2,1-2,4-5H3,(H,26,27,28). The Bertz CT molecular complexity index is 999. The molecule has 2 N–H and O–H groups in total. The monoisotopic (exact) mass is 507 g/mol. The first-order valence-corrected chi connectivity index (χ1v) is 14.6. The number of piperidine rings is 1. The molecule has 35 heavy (non-hydrogen) atoms. The predicted molar refractivity (Wildman–Crippen MR) is 139 cm³/mol. The molecule has 1 atom stereocenters. The number of rotatable bonds is 9. The Morgan fingerprint density at radius 3 is 2.46 bits per heavy atom. The largest absolute Gasteiger partial charge is 0.393 e. The number of aliphatic hydroxyl groups is 1. The molecule has 1 unspecified atom stereocenters. The molecule has 1 saturated heterocycles. The average molecular weight is 508 g/mol. The summed E-state index contributed by atoms with van der Waals surface area (Å²) in [7, 11) is -1.46. The smallest absolute Gasteiger partial charge is 0.257 e. The minimum Gasteiger partial charge on any atom is -0.393 e. The highest BCUT2D eigenvalue weighted by molar-refractivity contribution is 7.88.